The number of H-pyrrole nitrogens is 1. The lowest BCUT2D eigenvalue weighted by Crippen LogP contribution is -2.35. The Balaban J connectivity index is 0.000000643. The van der Waals surface area contributed by atoms with Crippen LogP contribution in [0, 0.1) is 12.8 Å². The van der Waals surface area contributed by atoms with Crippen molar-refractivity contribution < 1.29 is 33.4 Å². The van der Waals surface area contributed by atoms with Crippen molar-refractivity contribution in [3.05, 3.63) is 99.5 Å². The van der Waals surface area contributed by atoms with E-state index in [4.69, 9.17) is 19.4 Å². The van der Waals surface area contributed by atoms with Gasteiger partial charge in [-0.05, 0) is 78.2 Å². The zero-order valence-corrected chi connectivity index (χ0v) is 28.5. The molecule has 1 aliphatic carbocycles. The maximum atomic E-state index is 15.2. The highest BCUT2D eigenvalue weighted by Crippen LogP contribution is 2.34. The minimum absolute atomic E-state index is 0.181. The Labute approximate surface area is 285 Å². The second kappa shape index (κ2) is 18.3. The number of aliphatic hydroxyl groups is 1. The van der Waals surface area contributed by atoms with E-state index in [0.717, 1.165) is 22.4 Å². The number of anilines is 2. The van der Waals surface area contributed by atoms with Gasteiger partial charge in [0.15, 0.2) is 6.17 Å². The lowest BCUT2D eigenvalue weighted by atomic mass is 9.99. The van der Waals surface area contributed by atoms with Crippen LogP contribution in [0.1, 0.15) is 61.2 Å². The molecule has 2 amide bonds. The average molecular weight is 677 g/mol. The molecule has 1 aromatic heterocycles. The number of aliphatic hydroxyl groups excluding tert-OH is 1. The van der Waals surface area contributed by atoms with Crippen LogP contribution in [0.4, 0.5) is 20.6 Å². The van der Waals surface area contributed by atoms with Gasteiger partial charge >= 0.3 is 6.09 Å². The third-order valence-electron chi connectivity index (χ3n) is 7.87. The molecule has 0 saturated heterocycles. The fourth-order valence-electron chi connectivity index (χ4n) is 4.93. The summed E-state index contributed by atoms with van der Waals surface area (Å²) >= 11 is 0. The van der Waals surface area contributed by atoms with Gasteiger partial charge in [0.2, 0.25) is 5.91 Å². The molecule has 49 heavy (non-hydrogen) atoms. The summed E-state index contributed by atoms with van der Waals surface area (Å²) in [4.78, 5) is 51.0. The fourth-order valence-corrected chi connectivity index (χ4v) is 4.93. The van der Waals surface area contributed by atoms with Gasteiger partial charge < -0.3 is 34.6 Å². The molecule has 3 aliphatic rings. The van der Waals surface area contributed by atoms with Gasteiger partial charge in [0.05, 0.1) is 7.11 Å². The molecule has 4 aromatic rings. The number of nitrogens with zero attached hydrogens (tertiary/aromatic N) is 1. The van der Waals surface area contributed by atoms with E-state index in [-0.39, 0.29) is 35.9 Å². The summed E-state index contributed by atoms with van der Waals surface area (Å²) in [5.41, 5.74) is 3.23. The second-order valence-electron chi connectivity index (χ2n) is 11.7. The summed E-state index contributed by atoms with van der Waals surface area (Å²) in [6.07, 6.45) is 2.11. The van der Waals surface area contributed by atoms with Gasteiger partial charge in [-0.25, -0.2) is 9.18 Å². The molecule has 1 saturated carbocycles. The minimum Gasteiger partial charge on any atom is -0.496 e. The number of methoxy groups -OCH3 is 1. The zero-order valence-electron chi connectivity index (χ0n) is 28.5. The molecule has 4 N–H and O–H groups in total. The molecule has 1 unspecified atom stereocenters. The SMILES string of the molecule is C=O.CC1CC1.CCO.COc1cc2ccc1[C@@H](F)COC(=O)Nc1ccc(C)c(c1)CN(C)C(=O)C2Nc1ccc2cc[nH]c(=O)c2c1. The van der Waals surface area contributed by atoms with Crippen molar-refractivity contribution in [1.82, 2.24) is 9.88 Å². The van der Waals surface area contributed by atoms with E-state index in [2.05, 4.69) is 22.5 Å². The van der Waals surface area contributed by atoms with Crippen LogP contribution in [-0.2, 0) is 20.9 Å². The van der Waals surface area contributed by atoms with Crippen molar-refractivity contribution in [2.75, 3.05) is 38.0 Å². The third-order valence-corrected chi connectivity index (χ3v) is 7.87. The standard InChI is InChI=1S/C30H29FN4O5.C4H8.C2H6O.CH2O/c1-17-4-7-21-12-20(17)15-35(2)29(37)27(33-22-8-5-18-10-11-32-28(36)24(18)14-22)19-6-9-23(26(13-19)39-3)25(31)16-40-30(38)34-21;1-4-2-3-4;1-2-3;1-2/h4-14,25,27,33H,15-16H2,1-3H3,(H,32,36)(H,34,38);4H,2-3H2,1H3;3H,2H2,1H3;1H2/t25-,27?;;;/m0.../s1. The molecule has 7 rings (SSSR count). The van der Waals surface area contributed by atoms with Gasteiger partial charge in [-0.3, -0.25) is 14.9 Å². The number of pyridine rings is 1. The molecular weight excluding hydrogens is 631 g/mol. The molecule has 262 valence electrons. The number of rotatable bonds is 3. The van der Waals surface area contributed by atoms with Gasteiger partial charge in [0, 0.05) is 48.7 Å². The molecule has 12 heteroatoms. The molecule has 2 aliphatic heterocycles. The number of amides is 2. The Hall–Kier alpha value is -5.23. The summed E-state index contributed by atoms with van der Waals surface area (Å²) in [5, 5.41) is 14.7. The Morgan fingerprint density at radius 3 is 2.41 bits per heavy atom. The largest absolute Gasteiger partial charge is 0.496 e. The van der Waals surface area contributed by atoms with Crippen LogP contribution in [0.5, 0.6) is 5.75 Å². The van der Waals surface area contributed by atoms with Gasteiger partial charge in [0.1, 0.15) is 25.2 Å². The summed E-state index contributed by atoms with van der Waals surface area (Å²) in [6, 6.07) is 16.3. The van der Waals surface area contributed by atoms with Gasteiger partial charge in [-0.1, -0.05) is 44.0 Å². The van der Waals surface area contributed by atoms with Crippen LogP contribution in [0.3, 0.4) is 0 Å². The first-order chi connectivity index (χ1) is 23.5. The molecule has 1 fully saturated rings. The van der Waals surface area contributed by atoms with E-state index in [1.807, 2.05) is 19.8 Å². The number of nitrogens with one attached hydrogen (secondary N) is 3. The lowest BCUT2D eigenvalue weighted by Gasteiger charge is -2.27. The highest BCUT2D eigenvalue weighted by molar-refractivity contribution is 5.89. The fraction of sp³-hybridized carbons (Fsp3) is 0.351. The minimum atomic E-state index is -1.66. The number of benzene rings is 3. The molecule has 2 atom stereocenters. The Morgan fingerprint density at radius 2 is 1.76 bits per heavy atom. The number of aryl methyl sites for hydroxylation is 1. The van der Waals surface area contributed by atoms with E-state index in [9.17, 15) is 14.4 Å². The number of ether oxygens (including phenoxy) is 2. The topological polar surface area (TPSA) is 150 Å². The first kappa shape index (κ1) is 38.2. The predicted molar refractivity (Wildman–Crippen MR) is 189 cm³/mol. The smallest absolute Gasteiger partial charge is 0.411 e. The number of fused-ring (bicyclic) bond motifs is 10. The van der Waals surface area contributed by atoms with Crippen molar-refractivity contribution >= 4 is 40.9 Å². The predicted octanol–water partition coefficient (Wildman–Crippen LogP) is 6.46. The number of carbonyl (C=O) groups is 3. The quantitative estimate of drug-likeness (QED) is 0.193. The number of hydrogen-bond donors (Lipinski definition) is 4. The van der Waals surface area contributed by atoms with E-state index < -0.39 is 24.9 Å². The first-order valence-corrected chi connectivity index (χ1v) is 15.9. The van der Waals surface area contributed by atoms with Gasteiger partial charge in [-0.15, -0.1) is 0 Å². The van der Waals surface area contributed by atoms with Crippen LogP contribution >= 0.6 is 0 Å². The monoisotopic (exact) mass is 676 g/mol. The molecule has 3 heterocycles. The van der Waals surface area contributed by atoms with Crippen LogP contribution < -0.4 is 20.9 Å². The molecular formula is C37H45FN4O7. The third kappa shape index (κ3) is 10.6. The van der Waals surface area contributed by atoms with Crippen LogP contribution in [0.2, 0.25) is 0 Å². The average Bonchev–Trinajstić information content (AvgIpc) is 3.90. The van der Waals surface area contributed by atoms with E-state index in [0.29, 0.717) is 22.3 Å². The highest BCUT2D eigenvalue weighted by Gasteiger charge is 2.27. The van der Waals surface area contributed by atoms with Gasteiger partial charge in [0.25, 0.3) is 5.56 Å². The normalized spacial score (nSPS) is 17.2. The maximum Gasteiger partial charge on any atom is 0.411 e. The summed E-state index contributed by atoms with van der Waals surface area (Å²) in [5.74, 6) is 1.03. The highest BCUT2D eigenvalue weighted by atomic mass is 19.1. The Morgan fingerprint density at radius 1 is 1.06 bits per heavy atom. The van der Waals surface area contributed by atoms with E-state index >= 15 is 4.39 Å². The maximum absolute atomic E-state index is 15.2. The summed E-state index contributed by atoms with van der Waals surface area (Å²) in [6.45, 7) is 7.86. The Bertz CT molecular complexity index is 1780. The number of alkyl halides is 1. The van der Waals surface area contributed by atoms with E-state index in [1.165, 1.54) is 26.0 Å². The van der Waals surface area contributed by atoms with Crippen LogP contribution in [-0.4, -0.2) is 61.2 Å². The lowest BCUT2D eigenvalue weighted by molar-refractivity contribution is -0.131. The zero-order chi connectivity index (χ0) is 36.1. The summed E-state index contributed by atoms with van der Waals surface area (Å²) < 4.78 is 25.8. The van der Waals surface area contributed by atoms with Crippen LogP contribution in [0.15, 0.2) is 71.7 Å². The number of halogens is 1. The number of carbonyl (C=O) groups excluding carboxylic acids is 3. The van der Waals surface area contributed by atoms with Crippen molar-refractivity contribution in [3.8, 4) is 5.75 Å². The molecule has 11 nitrogen and oxygen atoms in total. The summed E-state index contributed by atoms with van der Waals surface area (Å²) in [7, 11) is 3.09. The van der Waals surface area contributed by atoms with E-state index in [1.54, 1.807) is 73.6 Å². The Kier molecular flexibility index (Phi) is 14.3. The van der Waals surface area contributed by atoms with Crippen molar-refractivity contribution in [2.45, 2.75) is 52.4 Å². The van der Waals surface area contributed by atoms with Crippen LogP contribution in [0.25, 0.3) is 10.8 Å². The van der Waals surface area contributed by atoms with Crippen molar-refractivity contribution in [2.24, 2.45) is 5.92 Å². The molecule has 0 radical (unpaired) electrons. The molecule has 0 spiro atoms. The second-order valence-corrected chi connectivity index (χ2v) is 11.7. The molecule has 3 aromatic carbocycles. The van der Waals surface area contributed by atoms with Crippen molar-refractivity contribution in [3.63, 3.8) is 0 Å². The van der Waals surface area contributed by atoms with Crippen molar-refractivity contribution in [1.29, 1.82) is 0 Å². The number of hydrogen-bond acceptors (Lipinski definition) is 8. The van der Waals surface area contributed by atoms with Gasteiger partial charge in [-0.2, -0.15) is 0 Å². The first-order valence-electron chi connectivity index (χ1n) is 15.9. The number of likely N-dealkylation sites (N-methyl/N-ethyl adjacent to an activating group) is 1. The molecule has 4 bridgehead atoms. The number of aromatic nitrogens is 1. The number of aromatic amines is 1.